The molecule has 1 aliphatic heterocycles. The van der Waals surface area contributed by atoms with Gasteiger partial charge < -0.3 is 4.74 Å². The number of Topliss-reactive ketones (excluding diaryl/α,β-unsaturated/α-hetero) is 1. The molecule has 6 nitrogen and oxygen atoms in total. The number of fused-ring (bicyclic) bond motifs is 1. The van der Waals surface area contributed by atoms with E-state index < -0.39 is 11.1 Å². The van der Waals surface area contributed by atoms with Crippen LogP contribution in [0.1, 0.15) is 37.7 Å². The summed E-state index contributed by atoms with van der Waals surface area (Å²) in [5, 5.41) is 12.1. The first kappa shape index (κ1) is 16.7. The lowest BCUT2D eigenvalue weighted by molar-refractivity contribution is -0.550. The minimum atomic E-state index is -1.56. The fourth-order valence-electron chi connectivity index (χ4n) is 5.62. The summed E-state index contributed by atoms with van der Waals surface area (Å²) in [6, 6.07) is 9.60. The molecule has 2 aliphatic carbocycles. The number of rotatable bonds is 3. The molecule has 0 spiro atoms. The second-order valence-corrected chi connectivity index (χ2v) is 7.64. The summed E-state index contributed by atoms with van der Waals surface area (Å²) in [5.41, 5.74) is -1.35. The van der Waals surface area contributed by atoms with Gasteiger partial charge in [0.25, 0.3) is 5.54 Å². The fourth-order valence-corrected chi connectivity index (χ4v) is 5.62. The number of nitro groups is 1. The maximum atomic E-state index is 13.6. The maximum absolute atomic E-state index is 13.6. The second-order valence-electron chi connectivity index (χ2n) is 7.64. The van der Waals surface area contributed by atoms with E-state index in [0.29, 0.717) is 26.3 Å². The van der Waals surface area contributed by atoms with Gasteiger partial charge in [0.15, 0.2) is 0 Å². The highest BCUT2D eigenvalue weighted by atomic mass is 16.6. The number of carbonyl (C=O) groups excluding carboxylic acids is 1. The zero-order chi connectivity index (χ0) is 17.7. The third-order valence-electron chi connectivity index (χ3n) is 6.66. The third-order valence-corrected chi connectivity index (χ3v) is 6.66. The van der Waals surface area contributed by atoms with E-state index in [1.807, 2.05) is 30.3 Å². The Hall–Kier alpha value is -1.79. The second kappa shape index (κ2) is 5.88. The Kier molecular flexibility index (Phi) is 3.92. The highest BCUT2D eigenvalue weighted by Gasteiger charge is 2.75. The normalized spacial score (nSPS) is 38.7. The van der Waals surface area contributed by atoms with E-state index in [2.05, 4.69) is 4.90 Å². The van der Waals surface area contributed by atoms with Gasteiger partial charge in [0.05, 0.1) is 24.7 Å². The van der Waals surface area contributed by atoms with Crippen molar-refractivity contribution in [3.8, 4) is 0 Å². The zero-order valence-corrected chi connectivity index (χ0v) is 14.5. The maximum Gasteiger partial charge on any atom is 0.285 e. The van der Waals surface area contributed by atoms with Crippen molar-refractivity contribution >= 4 is 5.78 Å². The number of carbonyl (C=O) groups is 1. The zero-order valence-electron chi connectivity index (χ0n) is 14.5. The van der Waals surface area contributed by atoms with Crippen molar-refractivity contribution in [2.45, 2.75) is 43.2 Å². The predicted molar refractivity (Wildman–Crippen MR) is 92.1 cm³/mol. The van der Waals surface area contributed by atoms with Crippen LogP contribution in [0.2, 0.25) is 0 Å². The van der Waals surface area contributed by atoms with Crippen LogP contribution in [0.15, 0.2) is 30.3 Å². The van der Waals surface area contributed by atoms with Crippen LogP contribution in [-0.4, -0.2) is 53.0 Å². The summed E-state index contributed by atoms with van der Waals surface area (Å²) in [6.07, 6.45) is 2.54. The van der Waals surface area contributed by atoms with E-state index in [1.165, 1.54) is 0 Å². The number of hydrogen-bond donors (Lipinski definition) is 0. The van der Waals surface area contributed by atoms with Crippen molar-refractivity contribution in [1.82, 2.24) is 4.90 Å². The molecular weight excluding hydrogens is 320 g/mol. The van der Waals surface area contributed by atoms with Gasteiger partial charge in [0.1, 0.15) is 0 Å². The molecule has 0 unspecified atom stereocenters. The molecule has 4 rings (SSSR count). The highest BCUT2D eigenvalue weighted by molar-refractivity contribution is 6.00. The van der Waals surface area contributed by atoms with Gasteiger partial charge in [0.2, 0.25) is 5.78 Å². The van der Waals surface area contributed by atoms with E-state index in [1.54, 1.807) is 6.92 Å². The van der Waals surface area contributed by atoms with Crippen LogP contribution in [0.4, 0.5) is 0 Å². The van der Waals surface area contributed by atoms with Crippen LogP contribution >= 0.6 is 0 Å². The van der Waals surface area contributed by atoms with Gasteiger partial charge >= 0.3 is 0 Å². The average molecular weight is 344 g/mol. The first-order valence-electron chi connectivity index (χ1n) is 9.10. The fraction of sp³-hybridized carbons (Fsp3) is 0.632. The lowest BCUT2D eigenvalue weighted by Crippen LogP contribution is -2.60. The van der Waals surface area contributed by atoms with E-state index in [0.717, 1.165) is 24.8 Å². The molecule has 1 aromatic carbocycles. The van der Waals surface area contributed by atoms with E-state index >= 15 is 0 Å². The van der Waals surface area contributed by atoms with Crippen molar-refractivity contribution in [2.24, 2.45) is 5.92 Å². The summed E-state index contributed by atoms with van der Waals surface area (Å²) < 4.78 is 5.46. The molecule has 0 amide bonds. The van der Waals surface area contributed by atoms with Crippen LogP contribution in [-0.2, 0) is 9.53 Å². The molecule has 2 saturated carbocycles. The molecule has 6 heteroatoms. The molecule has 0 bridgehead atoms. The molecule has 25 heavy (non-hydrogen) atoms. The van der Waals surface area contributed by atoms with E-state index in [4.69, 9.17) is 4.74 Å². The minimum Gasteiger partial charge on any atom is -0.379 e. The molecule has 4 atom stereocenters. The molecule has 1 aromatic rings. The number of morpholine rings is 1. The van der Waals surface area contributed by atoms with Crippen LogP contribution in [0.5, 0.6) is 0 Å². The van der Waals surface area contributed by atoms with Gasteiger partial charge in [-0.15, -0.1) is 0 Å². The summed E-state index contributed by atoms with van der Waals surface area (Å²) in [4.78, 5) is 27.6. The van der Waals surface area contributed by atoms with Gasteiger partial charge in [-0.3, -0.25) is 19.8 Å². The number of ketones is 1. The molecule has 0 N–H and O–H groups in total. The number of hydrogen-bond acceptors (Lipinski definition) is 5. The van der Waals surface area contributed by atoms with Crippen molar-refractivity contribution in [3.63, 3.8) is 0 Å². The Morgan fingerprint density at radius 2 is 1.92 bits per heavy atom. The first-order valence-corrected chi connectivity index (χ1v) is 9.10. The summed E-state index contributed by atoms with van der Waals surface area (Å²) in [6.45, 7) is 4.09. The largest absolute Gasteiger partial charge is 0.379 e. The standard InChI is InChI=1S/C19H24N2O4/c1-18(21(23)24)16(14-6-3-2-4-7-14)15-8-5-9-19(15,17(18)22)20-10-12-25-13-11-20/h2-4,6-7,15-16H,5,8-13H2,1H3/t15-,16+,18-,19+/m0/s1. The Morgan fingerprint density at radius 1 is 1.24 bits per heavy atom. The van der Waals surface area contributed by atoms with Crippen LogP contribution < -0.4 is 0 Å². The van der Waals surface area contributed by atoms with Crippen molar-refractivity contribution in [1.29, 1.82) is 0 Å². The van der Waals surface area contributed by atoms with Crippen LogP contribution in [0.25, 0.3) is 0 Å². The van der Waals surface area contributed by atoms with Gasteiger partial charge in [-0.05, 0) is 24.3 Å². The topological polar surface area (TPSA) is 72.7 Å². The quantitative estimate of drug-likeness (QED) is 0.621. The molecule has 0 aromatic heterocycles. The first-order chi connectivity index (χ1) is 12.0. The van der Waals surface area contributed by atoms with Gasteiger partial charge in [0, 0.05) is 24.9 Å². The lowest BCUT2D eigenvalue weighted by Gasteiger charge is -2.42. The van der Waals surface area contributed by atoms with Crippen molar-refractivity contribution in [2.75, 3.05) is 26.3 Å². The third kappa shape index (κ3) is 2.13. The number of benzene rings is 1. The van der Waals surface area contributed by atoms with Crippen molar-refractivity contribution < 1.29 is 14.5 Å². The molecule has 134 valence electrons. The van der Waals surface area contributed by atoms with Crippen LogP contribution in [0.3, 0.4) is 0 Å². The van der Waals surface area contributed by atoms with E-state index in [9.17, 15) is 14.9 Å². The summed E-state index contributed by atoms with van der Waals surface area (Å²) in [7, 11) is 0. The Morgan fingerprint density at radius 3 is 2.56 bits per heavy atom. The number of ether oxygens (including phenoxy) is 1. The van der Waals surface area contributed by atoms with Gasteiger partial charge in [-0.25, -0.2) is 0 Å². The summed E-state index contributed by atoms with van der Waals surface area (Å²) in [5.74, 6) is -0.569. The lowest BCUT2D eigenvalue weighted by atomic mass is 9.77. The molecule has 3 fully saturated rings. The van der Waals surface area contributed by atoms with E-state index in [-0.39, 0.29) is 22.5 Å². The average Bonchev–Trinajstić information content (AvgIpc) is 3.14. The molecular formula is C19H24N2O4. The predicted octanol–water partition coefficient (Wildman–Crippen LogP) is 2.26. The van der Waals surface area contributed by atoms with Gasteiger partial charge in [-0.2, -0.15) is 0 Å². The Balaban J connectivity index is 1.86. The SMILES string of the molecule is C[C@@]1([N+](=O)[O-])C(=O)[C@@]2(N3CCOCC3)CCC[C@H]2[C@H]1c1ccccc1. The highest BCUT2D eigenvalue weighted by Crippen LogP contribution is 2.60. The van der Waals surface area contributed by atoms with Gasteiger partial charge in [-0.1, -0.05) is 36.8 Å². The monoisotopic (exact) mass is 344 g/mol. The van der Waals surface area contributed by atoms with Crippen molar-refractivity contribution in [3.05, 3.63) is 46.0 Å². The molecule has 1 heterocycles. The minimum absolute atomic E-state index is 0.00380. The molecule has 3 aliphatic rings. The molecule has 0 radical (unpaired) electrons. The molecule has 1 saturated heterocycles. The van der Waals surface area contributed by atoms with Crippen LogP contribution in [0, 0.1) is 16.0 Å². The number of nitrogens with zero attached hydrogens (tertiary/aromatic N) is 2. The summed E-state index contributed by atoms with van der Waals surface area (Å²) >= 11 is 0. The Labute approximate surface area is 147 Å². The Bertz CT molecular complexity index is 688. The smallest absolute Gasteiger partial charge is 0.285 e.